The summed E-state index contributed by atoms with van der Waals surface area (Å²) in [5.41, 5.74) is 1.30. The molecule has 0 radical (unpaired) electrons. The van der Waals surface area contributed by atoms with Crippen LogP contribution in [0.5, 0.6) is 0 Å². The summed E-state index contributed by atoms with van der Waals surface area (Å²) in [6.07, 6.45) is 0. The normalized spacial score (nSPS) is 22.5. The molecule has 1 fully saturated rings. The summed E-state index contributed by atoms with van der Waals surface area (Å²) < 4.78 is 19.2. The molecule has 0 aromatic heterocycles. The molecule has 1 saturated heterocycles. The number of amides is 1. The number of ether oxygens (including phenoxy) is 1. The number of anilines is 1. The van der Waals surface area contributed by atoms with Gasteiger partial charge in [0.2, 0.25) is 5.91 Å². The number of carbonyl (C=O) groups is 1. The van der Waals surface area contributed by atoms with Crippen molar-refractivity contribution in [2.45, 2.75) is 13.0 Å². The monoisotopic (exact) mass is 330 g/mol. The van der Waals surface area contributed by atoms with E-state index in [0.29, 0.717) is 23.4 Å². The van der Waals surface area contributed by atoms with Crippen LogP contribution < -0.4 is 10.6 Å². The molecule has 1 aliphatic heterocycles. The Hall–Kier alpha value is -0.980. The lowest BCUT2D eigenvalue weighted by Gasteiger charge is -2.17. The van der Waals surface area contributed by atoms with Gasteiger partial charge in [0.15, 0.2) is 0 Å². The summed E-state index contributed by atoms with van der Waals surface area (Å²) in [6, 6.07) is 2.97. The average molecular weight is 331 g/mol. The summed E-state index contributed by atoms with van der Waals surface area (Å²) in [7, 11) is 1.80. The van der Waals surface area contributed by atoms with Crippen molar-refractivity contribution in [3.8, 4) is 0 Å². The smallest absolute Gasteiger partial charge is 0.231 e. The van der Waals surface area contributed by atoms with Crippen molar-refractivity contribution < 1.29 is 13.9 Å². The van der Waals surface area contributed by atoms with Crippen molar-refractivity contribution in [3.63, 3.8) is 0 Å². The molecule has 0 aliphatic carbocycles. The number of rotatable bonds is 3. The minimum absolute atomic E-state index is 0.000557. The molecule has 4 nitrogen and oxygen atoms in total. The van der Waals surface area contributed by atoms with Crippen LogP contribution in [0.3, 0.4) is 0 Å². The van der Waals surface area contributed by atoms with Crippen LogP contribution in [0.15, 0.2) is 16.6 Å². The van der Waals surface area contributed by atoms with E-state index in [1.165, 1.54) is 6.07 Å². The molecule has 1 aromatic carbocycles. The SMILES string of the molecule is CNC1COCC1C(=O)Nc1cc(F)c(Br)cc1C. The van der Waals surface area contributed by atoms with Gasteiger partial charge in [-0.2, -0.15) is 0 Å². The highest BCUT2D eigenvalue weighted by atomic mass is 79.9. The maximum absolute atomic E-state index is 13.5. The molecule has 104 valence electrons. The van der Waals surface area contributed by atoms with Crippen LogP contribution in [0.1, 0.15) is 5.56 Å². The summed E-state index contributed by atoms with van der Waals surface area (Å²) in [4.78, 5) is 12.2. The number of likely N-dealkylation sites (N-methyl/N-ethyl adjacent to an activating group) is 1. The Kier molecular flexibility index (Phi) is 4.54. The number of aryl methyl sites for hydroxylation is 1. The van der Waals surface area contributed by atoms with Crippen molar-refractivity contribution in [3.05, 3.63) is 28.0 Å². The molecule has 6 heteroatoms. The number of hydrogen-bond donors (Lipinski definition) is 2. The van der Waals surface area contributed by atoms with E-state index in [4.69, 9.17) is 4.74 Å². The number of benzene rings is 1. The molecule has 2 atom stereocenters. The Balaban J connectivity index is 2.13. The highest BCUT2D eigenvalue weighted by Gasteiger charge is 2.33. The van der Waals surface area contributed by atoms with Crippen LogP contribution in [0.25, 0.3) is 0 Å². The number of hydrogen-bond acceptors (Lipinski definition) is 3. The molecule has 1 amide bonds. The van der Waals surface area contributed by atoms with Crippen molar-refractivity contribution in [1.29, 1.82) is 0 Å². The number of halogens is 2. The van der Waals surface area contributed by atoms with Crippen LogP contribution in [0, 0.1) is 18.7 Å². The fourth-order valence-electron chi connectivity index (χ4n) is 2.10. The van der Waals surface area contributed by atoms with Gasteiger partial charge in [0, 0.05) is 11.7 Å². The van der Waals surface area contributed by atoms with Crippen molar-refractivity contribution in [2.24, 2.45) is 5.92 Å². The largest absolute Gasteiger partial charge is 0.379 e. The maximum Gasteiger partial charge on any atom is 0.231 e. The summed E-state index contributed by atoms with van der Waals surface area (Å²) in [6.45, 7) is 2.72. The highest BCUT2D eigenvalue weighted by Crippen LogP contribution is 2.25. The molecule has 0 bridgehead atoms. The van der Waals surface area contributed by atoms with Crippen molar-refractivity contribution in [1.82, 2.24) is 5.32 Å². The van der Waals surface area contributed by atoms with Gasteiger partial charge >= 0.3 is 0 Å². The van der Waals surface area contributed by atoms with Gasteiger partial charge in [-0.3, -0.25) is 4.79 Å². The zero-order chi connectivity index (χ0) is 14.0. The summed E-state index contributed by atoms with van der Waals surface area (Å²) in [5.74, 6) is -0.800. The lowest BCUT2D eigenvalue weighted by molar-refractivity contribution is -0.120. The van der Waals surface area contributed by atoms with Gasteiger partial charge in [-0.15, -0.1) is 0 Å². The Morgan fingerprint density at radius 2 is 2.21 bits per heavy atom. The molecule has 2 unspecified atom stereocenters. The second-order valence-electron chi connectivity index (χ2n) is 4.61. The first-order chi connectivity index (χ1) is 9.02. The summed E-state index contributed by atoms with van der Waals surface area (Å²) in [5, 5.41) is 5.81. The zero-order valence-corrected chi connectivity index (χ0v) is 12.4. The second-order valence-corrected chi connectivity index (χ2v) is 5.46. The first kappa shape index (κ1) is 14.4. The van der Waals surface area contributed by atoms with E-state index < -0.39 is 5.82 Å². The molecule has 1 heterocycles. The topological polar surface area (TPSA) is 50.4 Å². The molecule has 19 heavy (non-hydrogen) atoms. The Labute approximate surface area is 119 Å². The fraction of sp³-hybridized carbons (Fsp3) is 0.462. The van der Waals surface area contributed by atoms with E-state index in [1.807, 2.05) is 6.92 Å². The quantitative estimate of drug-likeness (QED) is 0.892. The minimum Gasteiger partial charge on any atom is -0.379 e. The highest BCUT2D eigenvalue weighted by molar-refractivity contribution is 9.10. The first-order valence-electron chi connectivity index (χ1n) is 6.04. The van der Waals surface area contributed by atoms with E-state index in [9.17, 15) is 9.18 Å². The van der Waals surface area contributed by atoms with Crippen LogP contribution >= 0.6 is 15.9 Å². The molecular formula is C13H16BrFN2O2. The predicted octanol–water partition coefficient (Wildman–Crippen LogP) is 2.07. The lowest BCUT2D eigenvalue weighted by atomic mass is 10.0. The first-order valence-corrected chi connectivity index (χ1v) is 6.83. The third-order valence-electron chi connectivity index (χ3n) is 3.31. The van der Waals surface area contributed by atoms with Gasteiger partial charge in [-0.05, 0) is 47.6 Å². The molecular weight excluding hydrogens is 315 g/mol. The van der Waals surface area contributed by atoms with Crippen LogP contribution in [-0.2, 0) is 9.53 Å². The van der Waals surface area contributed by atoms with Crippen LogP contribution in [0.2, 0.25) is 0 Å². The van der Waals surface area contributed by atoms with Crippen LogP contribution in [-0.4, -0.2) is 32.2 Å². The van der Waals surface area contributed by atoms with E-state index in [-0.39, 0.29) is 17.9 Å². The number of carbonyl (C=O) groups excluding carboxylic acids is 1. The fourth-order valence-corrected chi connectivity index (χ4v) is 2.56. The van der Waals surface area contributed by atoms with E-state index in [0.717, 1.165) is 5.56 Å². The lowest BCUT2D eigenvalue weighted by Crippen LogP contribution is -2.39. The Bertz CT molecular complexity index is 496. The van der Waals surface area contributed by atoms with Gasteiger partial charge in [0.1, 0.15) is 5.82 Å². The molecule has 1 aliphatic rings. The van der Waals surface area contributed by atoms with E-state index >= 15 is 0 Å². The van der Waals surface area contributed by atoms with E-state index in [1.54, 1.807) is 13.1 Å². The third-order valence-corrected chi connectivity index (χ3v) is 3.92. The number of nitrogens with one attached hydrogen (secondary N) is 2. The standard InChI is InChI=1S/C13H16BrFN2O2/c1-7-3-9(14)10(15)4-11(7)17-13(18)8-5-19-6-12(8)16-2/h3-4,8,12,16H,5-6H2,1-2H3,(H,17,18). The molecule has 2 N–H and O–H groups in total. The summed E-state index contributed by atoms with van der Waals surface area (Å²) >= 11 is 3.12. The molecule has 0 saturated carbocycles. The zero-order valence-electron chi connectivity index (χ0n) is 10.8. The molecule has 0 spiro atoms. The molecule has 1 aromatic rings. The van der Waals surface area contributed by atoms with Crippen LogP contribution in [0.4, 0.5) is 10.1 Å². The van der Waals surface area contributed by atoms with Gasteiger partial charge in [0.25, 0.3) is 0 Å². The van der Waals surface area contributed by atoms with Gasteiger partial charge in [0.05, 0.1) is 23.6 Å². The Morgan fingerprint density at radius 3 is 2.89 bits per heavy atom. The molecule has 2 rings (SSSR count). The van der Waals surface area contributed by atoms with Gasteiger partial charge in [-0.25, -0.2) is 4.39 Å². The second kappa shape index (κ2) is 5.98. The maximum atomic E-state index is 13.5. The van der Waals surface area contributed by atoms with Gasteiger partial charge in [-0.1, -0.05) is 0 Å². The minimum atomic E-state index is -0.395. The van der Waals surface area contributed by atoms with Crippen molar-refractivity contribution >= 4 is 27.5 Å². The predicted molar refractivity (Wildman–Crippen MR) is 74.6 cm³/mol. The third kappa shape index (κ3) is 3.13. The Morgan fingerprint density at radius 1 is 1.47 bits per heavy atom. The van der Waals surface area contributed by atoms with Gasteiger partial charge < -0.3 is 15.4 Å². The average Bonchev–Trinajstić information content (AvgIpc) is 2.84. The van der Waals surface area contributed by atoms with E-state index in [2.05, 4.69) is 26.6 Å². The van der Waals surface area contributed by atoms with Crippen molar-refractivity contribution in [2.75, 3.05) is 25.6 Å².